The van der Waals surface area contributed by atoms with Gasteiger partial charge in [0, 0.05) is 75.0 Å². The summed E-state index contributed by atoms with van der Waals surface area (Å²) in [7, 11) is 3.49. The van der Waals surface area contributed by atoms with Gasteiger partial charge in [-0.05, 0) is 55.5 Å². The molecule has 20 heteroatoms. The quantitative estimate of drug-likeness (QED) is 0.0445. The molecule has 3 aromatic carbocycles. The summed E-state index contributed by atoms with van der Waals surface area (Å²) in [6, 6.07) is 21.5. The van der Waals surface area contributed by atoms with Crippen molar-refractivity contribution in [2.45, 2.75) is 48.1 Å². The number of nitrogens with zero attached hydrogens (tertiary/aromatic N) is 8. The van der Waals surface area contributed by atoms with Crippen LogP contribution in [0.4, 0.5) is 20.4 Å². The van der Waals surface area contributed by atoms with Crippen molar-refractivity contribution in [1.82, 2.24) is 50.6 Å². The van der Waals surface area contributed by atoms with E-state index in [2.05, 4.69) is 61.8 Å². The van der Waals surface area contributed by atoms with E-state index in [1.807, 2.05) is 58.0 Å². The Labute approximate surface area is 386 Å². The van der Waals surface area contributed by atoms with Gasteiger partial charge in [-0.15, -0.1) is 0 Å². The van der Waals surface area contributed by atoms with Crippen LogP contribution < -0.4 is 26.0 Å². The Balaban J connectivity index is 0.000000226. The van der Waals surface area contributed by atoms with Crippen LogP contribution in [-0.2, 0) is 20.7 Å². The number of amides is 2. The topological polar surface area (TPSA) is 229 Å². The van der Waals surface area contributed by atoms with Crippen LogP contribution in [0.5, 0.6) is 11.5 Å². The maximum Gasteiger partial charge on any atom is 0.261 e. The lowest BCUT2D eigenvalue weighted by Gasteiger charge is -2.10. The van der Waals surface area contributed by atoms with Crippen LogP contribution in [0, 0.1) is 37.3 Å². The first kappa shape index (κ1) is 48.3. The molecule has 0 aliphatic heterocycles. The minimum absolute atomic E-state index is 0.161. The zero-order valence-corrected chi connectivity index (χ0v) is 38.4. The summed E-state index contributed by atoms with van der Waals surface area (Å²) in [6.07, 6.45) is 3.28. The van der Waals surface area contributed by atoms with Crippen molar-refractivity contribution in [3.63, 3.8) is 0 Å². The molecule has 0 aliphatic rings. The number of halogens is 2. The van der Waals surface area contributed by atoms with E-state index in [0.717, 1.165) is 11.6 Å². The maximum absolute atomic E-state index is 14.9. The number of aromatic hydroxyl groups is 1. The lowest BCUT2D eigenvalue weighted by molar-refractivity contribution is 0.0967. The minimum atomic E-state index is -0.584. The van der Waals surface area contributed by atoms with Gasteiger partial charge in [0.15, 0.2) is 11.6 Å². The fraction of sp³-hybridized carbons (Fsp3) is 0.277. The van der Waals surface area contributed by atoms with Crippen LogP contribution >= 0.6 is 0 Å². The number of carbonyl (C=O) groups is 2. The number of nitrogens with one attached hydrogen (secondary N) is 6. The van der Waals surface area contributed by atoms with Crippen molar-refractivity contribution in [3.05, 3.63) is 131 Å². The third-order valence-corrected chi connectivity index (χ3v) is 9.58. The van der Waals surface area contributed by atoms with E-state index in [-0.39, 0.29) is 46.9 Å². The van der Waals surface area contributed by atoms with Crippen molar-refractivity contribution < 1.29 is 28.2 Å². The molecule has 4 heterocycles. The summed E-state index contributed by atoms with van der Waals surface area (Å²) >= 11 is 0. The predicted octanol–water partition coefficient (Wildman–Crippen LogP) is 7.51. The number of ether oxygens (including phenoxy) is 1. The van der Waals surface area contributed by atoms with Crippen LogP contribution in [0.3, 0.4) is 0 Å². The monoisotopic (exact) mass is 916 g/mol. The highest BCUT2D eigenvalue weighted by Crippen LogP contribution is 2.28. The molecule has 0 spiro atoms. The highest BCUT2D eigenvalue weighted by Gasteiger charge is 2.19. The minimum Gasteiger partial charge on any atom is -0.508 e. The van der Waals surface area contributed by atoms with E-state index >= 15 is 0 Å². The highest BCUT2D eigenvalue weighted by molar-refractivity contribution is 6.11. The molecule has 67 heavy (non-hydrogen) atoms. The second kappa shape index (κ2) is 22.2. The fourth-order valence-corrected chi connectivity index (χ4v) is 6.32. The molecular formula is C47H54F2N14O4. The van der Waals surface area contributed by atoms with E-state index in [0.29, 0.717) is 76.5 Å². The van der Waals surface area contributed by atoms with Gasteiger partial charge in [-0.1, -0.05) is 58.0 Å². The summed E-state index contributed by atoms with van der Waals surface area (Å²) in [5.74, 6) is 0.294. The number of hydrogen-bond acceptors (Lipinski definition) is 10. The molecule has 0 saturated heterocycles. The van der Waals surface area contributed by atoms with Gasteiger partial charge in [0.2, 0.25) is 11.9 Å². The number of carbonyl (C=O) groups excluding carboxylic acids is 2. The van der Waals surface area contributed by atoms with E-state index in [1.165, 1.54) is 18.2 Å². The number of aromatic nitrogens is 8. The Morgan fingerprint density at radius 2 is 1.18 bits per heavy atom. The van der Waals surface area contributed by atoms with Crippen molar-refractivity contribution >= 4 is 35.4 Å². The molecule has 0 fully saturated rings. The normalized spacial score (nSPS) is 11.6. The second-order valence-electron chi connectivity index (χ2n) is 16.3. The van der Waals surface area contributed by atoms with E-state index < -0.39 is 11.6 Å². The summed E-state index contributed by atoms with van der Waals surface area (Å²) in [6.45, 7) is 12.9. The van der Waals surface area contributed by atoms with Gasteiger partial charge in [0.1, 0.15) is 29.7 Å². The summed E-state index contributed by atoms with van der Waals surface area (Å²) < 4.78 is 37.9. The number of anilines is 2. The fourth-order valence-electron chi connectivity index (χ4n) is 6.32. The third-order valence-electron chi connectivity index (χ3n) is 9.58. The Morgan fingerprint density at radius 3 is 1.61 bits per heavy atom. The Bertz CT molecular complexity index is 2860. The smallest absolute Gasteiger partial charge is 0.261 e. The number of phenolic OH excluding ortho intramolecular Hbond substituents is 1. The molecule has 0 radical (unpaired) electrons. The van der Waals surface area contributed by atoms with Gasteiger partial charge in [-0.3, -0.25) is 49.8 Å². The van der Waals surface area contributed by atoms with Crippen molar-refractivity contribution in [1.29, 1.82) is 0 Å². The first-order valence-corrected chi connectivity index (χ1v) is 21.3. The standard InChI is InChI=1S/C27H30FN7O2.C20H24FN7O2/c1-17(2)14-29-27(31-26(36)22-15-35(4)34-18(22)3)30-25-13-24(32-33-25)21-11-10-20(12-23(21)28)37-16-19-8-6-5-7-9-19;1-11(2)9-22-20(24-19(30)15-10-28(4)27-12(15)3)23-18-8-17(25-26-18)14-6-5-13(29)7-16(14)21/h5-13,15,17H,14,16H2,1-4H3,(H3,29,30,31,32,33,36);5-8,10-11,29H,9H2,1-4H3,(H3,22,23,24,25,26,30). The second-order valence-corrected chi connectivity index (χ2v) is 16.3. The lowest BCUT2D eigenvalue weighted by atomic mass is 10.1. The number of aromatic amines is 2. The molecule has 2 amide bonds. The van der Waals surface area contributed by atoms with Gasteiger partial charge < -0.3 is 20.5 Å². The molecule has 0 saturated carbocycles. The lowest BCUT2D eigenvalue weighted by Crippen LogP contribution is -2.36. The van der Waals surface area contributed by atoms with Crippen LogP contribution in [0.25, 0.3) is 22.5 Å². The van der Waals surface area contributed by atoms with Gasteiger partial charge in [0.05, 0.1) is 33.9 Å². The highest BCUT2D eigenvalue weighted by atomic mass is 19.1. The zero-order valence-electron chi connectivity index (χ0n) is 38.4. The van der Waals surface area contributed by atoms with Crippen LogP contribution in [0.1, 0.15) is 65.4 Å². The van der Waals surface area contributed by atoms with Crippen LogP contribution in [-0.4, -0.2) is 81.9 Å². The average molecular weight is 917 g/mol. The molecule has 0 aliphatic carbocycles. The summed E-state index contributed by atoms with van der Waals surface area (Å²) in [4.78, 5) is 34.3. The SMILES string of the molecule is Cc1nn(C)cc1C(=O)NC(=NCC(C)C)Nc1cc(-c2ccc(O)cc2F)[nH]n1.Cc1nn(C)cc1C(=O)NC(=NCC(C)C)Nc1cc(-c2ccc(OCc3ccccc3)cc2F)[nH]n1. The van der Waals surface area contributed by atoms with Crippen molar-refractivity contribution in [2.24, 2.45) is 35.9 Å². The Hall–Kier alpha value is -8.16. The molecule has 7 N–H and O–H groups in total. The van der Waals surface area contributed by atoms with E-state index in [1.54, 1.807) is 74.0 Å². The number of H-pyrrole nitrogens is 2. The number of aliphatic imine (C=N–C) groups is 2. The predicted molar refractivity (Wildman–Crippen MR) is 253 cm³/mol. The Kier molecular flexibility index (Phi) is 16.0. The first-order chi connectivity index (χ1) is 32.0. The number of phenols is 1. The number of guanidine groups is 2. The van der Waals surface area contributed by atoms with Crippen molar-refractivity contribution in [3.8, 4) is 34.0 Å². The summed E-state index contributed by atoms with van der Waals surface area (Å²) in [5, 5.41) is 43.2. The molecule has 0 atom stereocenters. The molecular weight excluding hydrogens is 863 g/mol. The zero-order chi connectivity index (χ0) is 48.2. The number of benzene rings is 3. The van der Waals surface area contributed by atoms with Gasteiger partial charge in [0.25, 0.3) is 11.8 Å². The largest absolute Gasteiger partial charge is 0.508 e. The van der Waals surface area contributed by atoms with Crippen molar-refractivity contribution in [2.75, 3.05) is 23.7 Å². The first-order valence-electron chi connectivity index (χ1n) is 21.3. The molecule has 350 valence electrons. The maximum atomic E-state index is 14.9. The number of aryl methyl sites for hydroxylation is 4. The summed E-state index contributed by atoms with van der Waals surface area (Å²) in [5.41, 5.74) is 4.55. The molecule has 7 aromatic rings. The molecule has 4 aromatic heterocycles. The Morgan fingerprint density at radius 1 is 0.701 bits per heavy atom. The van der Waals surface area contributed by atoms with Gasteiger partial charge in [-0.25, -0.2) is 8.78 Å². The van der Waals surface area contributed by atoms with Crippen LogP contribution in [0.15, 0.2) is 101 Å². The van der Waals surface area contributed by atoms with E-state index in [4.69, 9.17) is 4.74 Å². The molecule has 0 bridgehead atoms. The van der Waals surface area contributed by atoms with Crippen LogP contribution in [0.2, 0.25) is 0 Å². The number of hydrogen-bond donors (Lipinski definition) is 7. The van der Waals surface area contributed by atoms with Gasteiger partial charge >= 0.3 is 0 Å². The molecule has 18 nitrogen and oxygen atoms in total. The van der Waals surface area contributed by atoms with E-state index in [9.17, 15) is 23.5 Å². The molecule has 7 rings (SSSR count). The van der Waals surface area contributed by atoms with Gasteiger partial charge in [-0.2, -0.15) is 20.4 Å². The average Bonchev–Trinajstić information content (AvgIpc) is 4.09. The third kappa shape index (κ3) is 13.7. The number of rotatable bonds is 13. The molecule has 0 unspecified atom stereocenters.